The lowest BCUT2D eigenvalue weighted by Crippen LogP contribution is -2.24. The number of aliphatic hydroxyl groups excluding tert-OH is 1. The molecule has 1 saturated heterocycles. The zero-order chi connectivity index (χ0) is 19.7. The summed E-state index contributed by atoms with van der Waals surface area (Å²) in [5.41, 5.74) is 0.405. The van der Waals surface area contributed by atoms with Gasteiger partial charge in [-0.2, -0.15) is 0 Å². The summed E-state index contributed by atoms with van der Waals surface area (Å²) in [6.45, 7) is 0. The van der Waals surface area contributed by atoms with Crippen LogP contribution in [0, 0.1) is 10.1 Å². The molecule has 1 amide bonds. The number of likely N-dealkylation sites (tertiary alicyclic amines) is 1. The van der Waals surface area contributed by atoms with E-state index in [0.29, 0.717) is 16.9 Å². The highest BCUT2D eigenvalue weighted by atomic mass is 16.6. The molecule has 8 nitrogen and oxygen atoms in total. The maximum absolute atomic E-state index is 12.5. The molecule has 1 unspecified atom stereocenters. The van der Waals surface area contributed by atoms with E-state index >= 15 is 0 Å². The fourth-order valence-electron chi connectivity index (χ4n) is 3.05. The van der Waals surface area contributed by atoms with Crippen molar-refractivity contribution in [1.82, 2.24) is 4.90 Å². The normalized spacial score (nSPS) is 18.6. The second kappa shape index (κ2) is 6.91. The van der Waals surface area contributed by atoms with Gasteiger partial charge in [0.25, 0.3) is 17.4 Å². The number of non-ortho nitro benzene ring substituents is 1. The summed E-state index contributed by atoms with van der Waals surface area (Å²) in [6, 6.07) is 11.1. The van der Waals surface area contributed by atoms with Gasteiger partial charge in [0.2, 0.25) is 0 Å². The number of aliphatic hydroxyl groups is 1. The minimum atomic E-state index is -0.924. The fraction of sp³-hybridized carbons (Fsp3) is 0.158. The van der Waals surface area contributed by atoms with Crippen molar-refractivity contribution in [3.8, 4) is 5.75 Å². The summed E-state index contributed by atoms with van der Waals surface area (Å²) in [5, 5.41) is 21.8. The van der Waals surface area contributed by atoms with E-state index in [-0.39, 0.29) is 17.0 Å². The molecule has 0 aliphatic carbocycles. The molecule has 1 N–H and O–H groups in total. The van der Waals surface area contributed by atoms with Gasteiger partial charge in [0.15, 0.2) is 0 Å². The molecular formula is C19H16N2O6. The molecule has 0 aromatic heterocycles. The number of hydrogen-bond acceptors (Lipinski definition) is 6. The number of amides is 1. The molecule has 27 heavy (non-hydrogen) atoms. The number of likely N-dealkylation sites (N-methyl/N-ethyl adjacent to an activating group) is 1. The van der Waals surface area contributed by atoms with Gasteiger partial charge in [-0.05, 0) is 29.8 Å². The standard InChI is InChI=1S/C19H16N2O6/c1-20-16(12-4-3-5-13(10-12)21(25)26)15(18(23)19(20)24)17(22)11-6-8-14(27-2)9-7-11/h3-10,16,22H,1-2H3/b17-15+. The van der Waals surface area contributed by atoms with Gasteiger partial charge >= 0.3 is 0 Å². The quantitative estimate of drug-likeness (QED) is 0.292. The predicted octanol–water partition coefficient (Wildman–Crippen LogP) is 2.65. The number of hydrogen-bond donors (Lipinski definition) is 1. The van der Waals surface area contributed by atoms with Gasteiger partial charge in [0.1, 0.15) is 11.5 Å². The fourth-order valence-corrected chi connectivity index (χ4v) is 3.05. The van der Waals surface area contributed by atoms with Crippen molar-refractivity contribution in [2.75, 3.05) is 14.2 Å². The molecule has 1 fully saturated rings. The van der Waals surface area contributed by atoms with Crippen LogP contribution in [0.25, 0.3) is 5.76 Å². The third-order valence-corrected chi connectivity index (χ3v) is 4.44. The summed E-state index contributed by atoms with van der Waals surface area (Å²) in [4.78, 5) is 36.4. The van der Waals surface area contributed by atoms with E-state index in [0.717, 1.165) is 4.90 Å². The molecular weight excluding hydrogens is 352 g/mol. The van der Waals surface area contributed by atoms with Crippen LogP contribution >= 0.6 is 0 Å². The number of carbonyl (C=O) groups is 2. The average molecular weight is 368 g/mol. The number of nitro groups is 1. The molecule has 8 heteroatoms. The van der Waals surface area contributed by atoms with Gasteiger partial charge in [-0.15, -0.1) is 0 Å². The Balaban J connectivity index is 2.15. The number of nitro benzene ring substituents is 1. The van der Waals surface area contributed by atoms with E-state index in [1.165, 1.54) is 32.4 Å². The molecule has 2 aromatic rings. The highest BCUT2D eigenvalue weighted by Crippen LogP contribution is 2.39. The lowest BCUT2D eigenvalue weighted by Gasteiger charge is -2.20. The van der Waals surface area contributed by atoms with Crippen molar-refractivity contribution in [2.45, 2.75) is 6.04 Å². The summed E-state index contributed by atoms with van der Waals surface area (Å²) in [6.07, 6.45) is 0. The van der Waals surface area contributed by atoms with Gasteiger partial charge < -0.3 is 14.7 Å². The topological polar surface area (TPSA) is 110 Å². The number of methoxy groups -OCH3 is 1. The molecule has 1 aliphatic rings. The molecule has 0 spiro atoms. The maximum atomic E-state index is 12.5. The first-order valence-corrected chi connectivity index (χ1v) is 7.98. The van der Waals surface area contributed by atoms with Gasteiger partial charge in [-0.3, -0.25) is 19.7 Å². The highest BCUT2D eigenvalue weighted by molar-refractivity contribution is 6.46. The third-order valence-electron chi connectivity index (χ3n) is 4.44. The number of Topliss-reactive ketones (excluding diaryl/α,β-unsaturated/α-hetero) is 1. The number of carbonyl (C=O) groups excluding carboxylic acids is 2. The van der Waals surface area contributed by atoms with Crippen LogP contribution in [0.3, 0.4) is 0 Å². The molecule has 3 rings (SSSR count). The molecule has 0 saturated carbocycles. The third kappa shape index (κ3) is 3.12. The largest absolute Gasteiger partial charge is 0.507 e. The van der Waals surface area contributed by atoms with Gasteiger partial charge in [-0.25, -0.2) is 0 Å². The van der Waals surface area contributed by atoms with Crippen LogP contribution in [-0.4, -0.2) is 40.8 Å². The first-order chi connectivity index (χ1) is 12.8. The summed E-state index contributed by atoms with van der Waals surface area (Å²) < 4.78 is 5.06. The van der Waals surface area contributed by atoms with E-state index in [9.17, 15) is 24.8 Å². The minimum absolute atomic E-state index is 0.117. The average Bonchev–Trinajstić information content (AvgIpc) is 2.91. The first-order valence-electron chi connectivity index (χ1n) is 7.98. The van der Waals surface area contributed by atoms with Crippen molar-refractivity contribution in [2.24, 2.45) is 0 Å². The van der Waals surface area contributed by atoms with Crippen LogP contribution in [0.15, 0.2) is 54.1 Å². The predicted molar refractivity (Wildman–Crippen MR) is 96.2 cm³/mol. The Labute approximate surface area is 154 Å². The van der Waals surface area contributed by atoms with Crippen LogP contribution in [0.2, 0.25) is 0 Å². The highest BCUT2D eigenvalue weighted by Gasteiger charge is 2.44. The summed E-state index contributed by atoms with van der Waals surface area (Å²) in [5.74, 6) is -1.42. The van der Waals surface area contributed by atoms with E-state index in [4.69, 9.17) is 4.74 Å². The van der Waals surface area contributed by atoms with Crippen molar-refractivity contribution in [1.29, 1.82) is 0 Å². The van der Waals surface area contributed by atoms with Crippen LogP contribution in [0.1, 0.15) is 17.2 Å². The van der Waals surface area contributed by atoms with E-state index in [2.05, 4.69) is 0 Å². The minimum Gasteiger partial charge on any atom is -0.507 e. The molecule has 0 bridgehead atoms. The van der Waals surface area contributed by atoms with Crippen LogP contribution < -0.4 is 4.74 Å². The van der Waals surface area contributed by atoms with Crippen molar-refractivity contribution >= 4 is 23.1 Å². The van der Waals surface area contributed by atoms with E-state index in [1.807, 2.05) is 0 Å². The van der Waals surface area contributed by atoms with Crippen LogP contribution in [0.5, 0.6) is 5.75 Å². The second-order valence-electron chi connectivity index (χ2n) is 5.99. The van der Waals surface area contributed by atoms with Crippen LogP contribution in [-0.2, 0) is 9.59 Å². The number of ether oxygens (including phenoxy) is 1. The zero-order valence-corrected chi connectivity index (χ0v) is 14.6. The first kappa shape index (κ1) is 18.1. The van der Waals surface area contributed by atoms with E-state index < -0.39 is 22.7 Å². The van der Waals surface area contributed by atoms with Crippen molar-refractivity contribution in [3.63, 3.8) is 0 Å². The number of benzene rings is 2. The second-order valence-corrected chi connectivity index (χ2v) is 5.99. The maximum Gasteiger partial charge on any atom is 0.295 e. The van der Waals surface area contributed by atoms with Crippen molar-refractivity contribution < 1.29 is 24.4 Å². The molecule has 1 aliphatic heterocycles. The van der Waals surface area contributed by atoms with E-state index in [1.54, 1.807) is 30.3 Å². The summed E-state index contributed by atoms with van der Waals surface area (Å²) >= 11 is 0. The Morgan fingerprint density at radius 3 is 2.44 bits per heavy atom. The Hall–Kier alpha value is -3.68. The Kier molecular flexibility index (Phi) is 4.64. The molecule has 0 radical (unpaired) electrons. The molecule has 1 heterocycles. The lowest BCUT2D eigenvalue weighted by molar-refractivity contribution is -0.384. The zero-order valence-electron chi connectivity index (χ0n) is 14.6. The SMILES string of the molecule is COc1ccc(/C(O)=C2\C(=O)C(=O)N(C)C2c2cccc([N+](=O)[O-])c2)cc1. The molecule has 2 aromatic carbocycles. The monoisotopic (exact) mass is 368 g/mol. The Morgan fingerprint density at radius 1 is 1.19 bits per heavy atom. The number of nitrogens with zero attached hydrogens (tertiary/aromatic N) is 2. The number of ketones is 1. The summed E-state index contributed by atoms with van der Waals surface area (Å²) in [7, 11) is 2.91. The smallest absolute Gasteiger partial charge is 0.295 e. The van der Waals surface area contributed by atoms with Gasteiger partial charge in [0.05, 0.1) is 23.6 Å². The Morgan fingerprint density at radius 2 is 1.85 bits per heavy atom. The Bertz CT molecular complexity index is 964. The van der Waals surface area contributed by atoms with Crippen LogP contribution in [0.4, 0.5) is 5.69 Å². The lowest BCUT2D eigenvalue weighted by atomic mass is 9.95. The molecule has 1 atom stereocenters. The van der Waals surface area contributed by atoms with Gasteiger partial charge in [0, 0.05) is 24.7 Å². The van der Waals surface area contributed by atoms with Gasteiger partial charge in [-0.1, -0.05) is 12.1 Å². The molecule has 138 valence electrons. The number of rotatable bonds is 4. The van der Waals surface area contributed by atoms with Crippen molar-refractivity contribution in [3.05, 3.63) is 75.3 Å².